The molecule has 94 valence electrons. The largest absolute Gasteiger partial charge is 0.491 e. The number of ether oxygens (including phenoxy) is 1. The molecular weight excluding hydrogens is 216 g/mol. The summed E-state index contributed by atoms with van der Waals surface area (Å²) in [6, 6.07) is 7.49. The molecule has 1 aromatic carbocycles. The highest BCUT2D eigenvalue weighted by molar-refractivity contribution is 5.86. The van der Waals surface area contributed by atoms with Crippen LogP contribution in [0, 0.1) is 0 Å². The molecule has 1 rings (SSSR count). The van der Waals surface area contributed by atoms with Gasteiger partial charge in [0.2, 0.25) is 5.91 Å². The van der Waals surface area contributed by atoms with Crippen LogP contribution in [0.5, 0.6) is 5.75 Å². The van der Waals surface area contributed by atoms with E-state index in [-0.39, 0.29) is 12.0 Å². The molecule has 0 unspecified atom stereocenters. The first kappa shape index (κ1) is 13.5. The van der Waals surface area contributed by atoms with Gasteiger partial charge in [-0.3, -0.25) is 10.2 Å². The minimum atomic E-state index is -0.648. The van der Waals surface area contributed by atoms with Crippen LogP contribution in [0.1, 0.15) is 33.3 Å². The van der Waals surface area contributed by atoms with E-state index in [4.69, 9.17) is 10.6 Å². The van der Waals surface area contributed by atoms with Crippen LogP contribution in [-0.4, -0.2) is 12.0 Å². The van der Waals surface area contributed by atoms with Crippen LogP contribution in [0.4, 0.5) is 0 Å². The van der Waals surface area contributed by atoms with Crippen LogP contribution in [0.3, 0.4) is 0 Å². The number of benzene rings is 1. The highest BCUT2D eigenvalue weighted by atomic mass is 16.5. The normalized spacial score (nSPS) is 11.4. The Kier molecular flexibility index (Phi) is 4.12. The van der Waals surface area contributed by atoms with E-state index >= 15 is 0 Å². The van der Waals surface area contributed by atoms with Crippen molar-refractivity contribution in [3.63, 3.8) is 0 Å². The zero-order valence-electron chi connectivity index (χ0n) is 10.8. The second-order valence-corrected chi connectivity index (χ2v) is 4.79. The molecule has 0 atom stereocenters. The van der Waals surface area contributed by atoms with Crippen molar-refractivity contribution in [2.75, 3.05) is 0 Å². The van der Waals surface area contributed by atoms with E-state index in [1.54, 1.807) is 0 Å². The van der Waals surface area contributed by atoms with Crippen molar-refractivity contribution in [3.8, 4) is 5.75 Å². The Morgan fingerprint density at radius 2 is 1.82 bits per heavy atom. The van der Waals surface area contributed by atoms with Crippen molar-refractivity contribution in [2.45, 2.75) is 39.2 Å². The summed E-state index contributed by atoms with van der Waals surface area (Å²) in [5, 5.41) is 0. The number of carbonyl (C=O) groups is 1. The molecule has 0 heterocycles. The lowest BCUT2D eigenvalue weighted by atomic mass is 9.84. The predicted molar refractivity (Wildman–Crippen MR) is 67.6 cm³/mol. The van der Waals surface area contributed by atoms with Crippen LogP contribution in [-0.2, 0) is 10.2 Å². The molecule has 1 amide bonds. The molecule has 0 spiro atoms. The summed E-state index contributed by atoms with van der Waals surface area (Å²) in [5.74, 6) is 5.75. The van der Waals surface area contributed by atoms with E-state index in [0.29, 0.717) is 0 Å². The Bertz CT molecular complexity index is 383. The van der Waals surface area contributed by atoms with Crippen molar-refractivity contribution in [2.24, 2.45) is 5.84 Å². The van der Waals surface area contributed by atoms with Gasteiger partial charge in [0.1, 0.15) is 5.75 Å². The first-order valence-corrected chi connectivity index (χ1v) is 5.66. The molecule has 1 aromatic rings. The van der Waals surface area contributed by atoms with E-state index in [1.807, 2.05) is 52.0 Å². The van der Waals surface area contributed by atoms with E-state index in [2.05, 4.69) is 5.43 Å². The summed E-state index contributed by atoms with van der Waals surface area (Å²) >= 11 is 0. The Morgan fingerprint density at radius 1 is 1.29 bits per heavy atom. The average Bonchev–Trinajstić information content (AvgIpc) is 2.27. The average molecular weight is 236 g/mol. The van der Waals surface area contributed by atoms with E-state index < -0.39 is 5.41 Å². The van der Waals surface area contributed by atoms with Gasteiger partial charge in [-0.1, -0.05) is 12.1 Å². The quantitative estimate of drug-likeness (QED) is 0.475. The molecule has 0 aromatic heterocycles. The number of carbonyl (C=O) groups excluding carboxylic acids is 1. The van der Waals surface area contributed by atoms with Crippen LogP contribution in [0.25, 0.3) is 0 Å². The Hall–Kier alpha value is -1.55. The van der Waals surface area contributed by atoms with Gasteiger partial charge in [0, 0.05) is 0 Å². The zero-order chi connectivity index (χ0) is 13.1. The maximum Gasteiger partial charge on any atom is 0.243 e. The number of rotatable bonds is 4. The van der Waals surface area contributed by atoms with Gasteiger partial charge in [0.25, 0.3) is 0 Å². The fourth-order valence-corrected chi connectivity index (χ4v) is 1.53. The summed E-state index contributed by atoms with van der Waals surface area (Å²) in [4.78, 5) is 11.6. The third-order valence-corrected chi connectivity index (χ3v) is 2.65. The zero-order valence-corrected chi connectivity index (χ0v) is 10.8. The lowest BCUT2D eigenvalue weighted by molar-refractivity contribution is -0.125. The molecule has 0 bridgehead atoms. The predicted octanol–water partition coefficient (Wildman–Crippen LogP) is 1.74. The number of hydrogen-bond acceptors (Lipinski definition) is 3. The van der Waals surface area contributed by atoms with Gasteiger partial charge < -0.3 is 4.74 Å². The summed E-state index contributed by atoms with van der Waals surface area (Å²) in [6.45, 7) is 7.60. The SMILES string of the molecule is CC(C)Oc1ccc(C(C)(C)C(=O)NN)cc1. The smallest absolute Gasteiger partial charge is 0.243 e. The van der Waals surface area contributed by atoms with Crippen LogP contribution in [0.15, 0.2) is 24.3 Å². The second kappa shape index (κ2) is 5.19. The molecule has 17 heavy (non-hydrogen) atoms. The number of amides is 1. The lowest BCUT2D eigenvalue weighted by Crippen LogP contribution is -2.43. The van der Waals surface area contributed by atoms with Gasteiger partial charge in [-0.05, 0) is 45.4 Å². The molecule has 4 nitrogen and oxygen atoms in total. The summed E-state index contributed by atoms with van der Waals surface area (Å²) in [5.41, 5.74) is 2.43. The van der Waals surface area contributed by atoms with Crippen LogP contribution < -0.4 is 16.0 Å². The third kappa shape index (κ3) is 3.20. The number of nitrogens with one attached hydrogen (secondary N) is 1. The van der Waals surface area contributed by atoms with Gasteiger partial charge in [-0.2, -0.15) is 0 Å². The minimum absolute atomic E-state index is 0.140. The van der Waals surface area contributed by atoms with Crippen molar-refractivity contribution in [1.29, 1.82) is 0 Å². The number of hydrazine groups is 1. The molecule has 0 aliphatic carbocycles. The van der Waals surface area contributed by atoms with Crippen molar-refractivity contribution >= 4 is 5.91 Å². The third-order valence-electron chi connectivity index (χ3n) is 2.65. The maximum absolute atomic E-state index is 11.6. The maximum atomic E-state index is 11.6. The van der Waals surface area contributed by atoms with E-state index in [9.17, 15) is 4.79 Å². The van der Waals surface area contributed by atoms with Gasteiger partial charge in [-0.25, -0.2) is 5.84 Å². The standard InChI is InChI=1S/C13H20N2O2/c1-9(2)17-11-7-5-10(6-8-11)13(3,4)12(16)15-14/h5-9H,14H2,1-4H3,(H,15,16). The summed E-state index contributed by atoms with van der Waals surface area (Å²) < 4.78 is 5.54. The lowest BCUT2D eigenvalue weighted by Gasteiger charge is -2.23. The highest BCUT2D eigenvalue weighted by Gasteiger charge is 2.28. The molecule has 0 saturated carbocycles. The van der Waals surface area contributed by atoms with Crippen molar-refractivity contribution in [1.82, 2.24) is 5.43 Å². The van der Waals surface area contributed by atoms with Crippen LogP contribution >= 0.6 is 0 Å². The Morgan fingerprint density at radius 3 is 2.24 bits per heavy atom. The van der Waals surface area contributed by atoms with Crippen molar-refractivity contribution in [3.05, 3.63) is 29.8 Å². The topological polar surface area (TPSA) is 64.3 Å². The highest BCUT2D eigenvalue weighted by Crippen LogP contribution is 2.25. The molecule has 3 N–H and O–H groups in total. The van der Waals surface area contributed by atoms with Gasteiger partial charge >= 0.3 is 0 Å². The van der Waals surface area contributed by atoms with Gasteiger partial charge in [0.05, 0.1) is 11.5 Å². The second-order valence-electron chi connectivity index (χ2n) is 4.79. The molecule has 0 saturated heterocycles. The number of nitrogens with two attached hydrogens (primary N) is 1. The first-order chi connectivity index (χ1) is 7.87. The monoisotopic (exact) mass is 236 g/mol. The minimum Gasteiger partial charge on any atom is -0.491 e. The van der Waals surface area contributed by atoms with E-state index in [0.717, 1.165) is 11.3 Å². The van der Waals surface area contributed by atoms with E-state index in [1.165, 1.54) is 0 Å². The molecule has 0 aliphatic rings. The molecule has 0 radical (unpaired) electrons. The Labute approximate surface area is 102 Å². The molecule has 4 heteroatoms. The molecular formula is C13H20N2O2. The number of hydrogen-bond donors (Lipinski definition) is 2. The van der Waals surface area contributed by atoms with Crippen LogP contribution in [0.2, 0.25) is 0 Å². The fourth-order valence-electron chi connectivity index (χ4n) is 1.53. The summed E-state index contributed by atoms with van der Waals surface area (Å²) in [7, 11) is 0. The van der Waals surface area contributed by atoms with Crippen molar-refractivity contribution < 1.29 is 9.53 Å². The van der Waals surface area contributed by atoms with Gasteiger partial charge in [-0.15, -0.1) is 0 Å². The fraction of sp³-hybridized carbons (Fsp3) is 0.462. The molecule has 0 fully saturated rings. The first-order valence-electron chi connectivity index (χ1n) is 5.66. The Balaban J connectivity index is 2.90. The molecule has 0 aliphatic heterocycles. The summed E-state index contributed by atoms with van der Waals surface area (Å²) in [6.07, 6.45) is 0.140. The van der Waals surface area contributed by atoms with Gasteiger partial charge in [0.15, 0.2) is 0 Å².